The maximum Gasteiger partial charge on any atom is 0.253 e. The lowest BCUT2D eigenvalue weighted by Crippen LogP contribution is -2.29. The van der Waals surface area contributed by atoms with Crippen LogP contribution in [0, 0.1) is 12.8 Å². The summed E-state index contributed by atoms with van der Waals surface area (Å²) in [6.07, 6.45) is 2.42. The summed E-state index contributed by atoms with van der Waals surface area (Å²) in [5.41, 5.74) is 2.08. The van der Waals surface area contributed by atoms with Gasteiger partial charge in [-0.3, -0.25) is 4.79 Å². The van der Waals surface area contributed by atoms with Gasteiger partial charge in [0.05, 0.1) is 17.5 Å². The first-order valence-electron chi connectivity index (χ1n) is 7.68. The zero-order valence-electron chi connectivity index (χ0n) is 13.6. The van der Waals surface area contributed by atoms with Crippen molar-refractivity contribution < 1.29 is 9.90 Å². The predicted molar refractivity (Wildman–Crippen MR) is 85.9 cm³/mol. The number of aryl methyl sites for hydroxylation is 1. The number of hydrogen-bond donors (Lipinski definition) is 2. The van der Waals surface area contributed by atoms with Crippen molar-refractivity contribution in [2.75, 3.05) is 13.2 Å². The highest BCUT2D eigenvalue weighted by Gasteiger charge is 2.15. The summed E-state index contributed by atoms with van der Waals surface area (Å²) in [6, 6.07) is 2.07. The van der Waals surface area contributed by atoms with Crippen LogP contribution in [-0.4, -0.2) is 38.9 Å². The molecule has 2 rings (SSSR count). The fraction of sp³-hybridized carbons (Fsp3) is 0.562. The van der Waals surface area contributed by atoms with E-state index in [2.05, 4.69) is 15.4 Å². The molecule has 0 bridgehead atoms. The van der Waals surface area contributed by atoms with E-state index in [0.29, 0.717) is 24.2 Å². The fourth-order valence-corrected chi connectivity index (χ4v) is 2.36. The van der Waals surface area contributed by atoms with Crippen LogP contribution >= 0.6 is 0 Å². The number of pyridine rings is 1. The lowest BCUT2D eigenvalue weighted by Gasteiger charge is -2.12. The minimum absolute atomic E-state index is 0.131. The third kappa shape index (κ3) is 3.44. The molecule has 1 amide bonds. The number of aromatic nitrogens is 3. The second kappa shape index (κ2) is 6.87. The van der Waals surface area contributed by atoms with Crippen molar-refractivity contribution in [3.8, 4) is 0 Å². The summed E-state index contributed by atoms with van der Waals surface area (Å²) >= 11 is 0. The standard InChI is InChI=1S/C16H24N4O2/c1-10(2)20-15-13(9-18-20)7-14(12(4)19-15)16(22)17-8-11(3)5-6-21/h7,9-11,21H,5-6,8H2,1-4H3,(H,17,22). The Bertz CT molecular complexity index is 663. The summed E-state index contributed by atoms with van der Waals surface area (Å²) in [6.45, 7) is 8.61. The van der Waals surface area contributed by atoms with Gasteiger partial charge >= 0.3 is 0 Å². The lowest BCUT2D eigenvalue weighted by atomic mass is 10.1. The number of amides is 1. The molecule has 1 atom stereocenters. The van der Waals surface area contributed by atoms with Crippen molar-refractivity contribution in [1.29, 1.82) is 0 Å². The van der Waals surface area contributed by atoms with Crippen molar-refractivity contribution in [3.05, 3.63) is 23.5 Å². The van der Waals surface area contributed by atoms with Gasteiger partial charge in [0.25, 0.3) is 5.91 Å². The number of aliphatic hydroxyl groups excluding tert-OH is 1. The molecule has 22 heavy (non-hydrogen) atoms. The van der Waals surface area contributed by atoms with Gasteiger partial charge in [0.1, 0.15) is 0 Å². The van der Waals surface area contributed by atoms with Gasteiger partial charge in [-0.05, 0) is 39.2 Å². The molecule has 1 unspecified atom stereocenters. The number of fused-ring (bicyclic) bond motifs is 1. The van der Waals surface area contributed by atoms with Gasteiger partial charge in [-0.15, -0.1) is 0 Å². The number of nitrogens with zero attached hydrogens (tertiary/aromatic N) is 3. The van der Waals surface area contributed by atoms with Crippen LogP contribution in [0.4, 0.5) is 0 Å². The molecular formula is C16H24N4O2. The van der Waals surface area contributed by atoms with Crippen LogP contribution in [-0.2, 0) is 0 Å². The molecule has 0 aliphatic rings. The Morgan fingerprint density at radius 2 is 2.14 bits per heavy atom. The van der Waals surface area contributed by atoms with Crippen LogP contribution in [0.3, 0.4) is 0 Å². The van der Waals surface area contributed by atoms with Gasteiger partial charge < -0.3 is 10.4 Å². The third-order valence-electron chi connectivity index (χ3n) is 3.73. The molecule has 2 aromatic rings. The molecule has 0 aromatic carbocycles. The molecule has 2 N–H and O–H groups in total. The molecule has 6 nitrogen and oxygen atoms in total. The molecule has 0 saturated heterocycles. The molecule has 0 saturated carbocycles. The van der Waals surface area contributed by atoms with E-state index < -0.39 is 0 Å². The third-order valence-corrected chi connectivity index (χ3v) is 3.73. The fourth-order valence-electron chi connectivity index (χ4n) is 2.36. The zero-order chi connectivity index (χ0) is 16.3. The number of carbonyl (C=O) groups excluding carboxylic acids is 1. The average Bonchev–Trinajstić information content (AvgIpc) is 2.87. The van der Waals surface area contributed by atoms with E-state index in [9.17, 15) is 4.79 Å². The van der Waals surface area contributed by atoms with Crippen LogP contribution in [0.25, 0.3) is 11.0 Å². The maximum atomic E-state index is 12.3. The van der Waals surface area contributed by atoms with Crippen LogP contribution in [0.1, 0.15) is 49.3 Å². The topological polar surface area (TPSA) is 80.0 Å². The maximum absolute atomic E-state index is 12.3. The number of rotatable bonds is 6. The van der Waals surface area contributed by atoms with Gasteiger partial charge in [0.15, 0.2) is 5.65 Å². The van der Waals surface area contributed by atoms with Gasteiger partial charge in [-0.2, -0.15) is 5.10 Å². The summed E-state index contributed by atoms with van der Waals surface area (Å²) < 4.78 is 1.85. The molecule has 6 heteroatoms. The molecule has 0 spiro atoms. The van der Waals surface area contributed by atoms with Crippen molar-refractivity contribution in [2.24, 2.45) is 5.92 Å². The highest BCUT2D eigenvalue weighted by molar-refractivity contribution is 5.98. The van der Waals surface area contributed by atoms with Gasteiger partial charge in [-0.25, -0.2) is 9.67 Å². The Labute approximate surface area is 130 Å². The smallest absolute Gasteiger partial charge is 0.253 e. The van der Waals surface area contributed by atoms with Crippen molar-refractivity contribution in [2.45, 2.75) is 40.2 Å². The summed E-state index contributed by atoms with van der Waals surface area (Å²) in [7, 11) is 0. The molecule has 0 radical (unpaired) electrons. The molecule has 0 fully saturated rings. The van der Waals surface area contributed by atoms with Crippen LogP contribution in [0.2, 0.25) is 0 Å². The van der Waals surface area contributed by atoms with Crippen molar-refractivity contribution in [1.82, 2.24) is 20.1 Å². The minimum atomic E-state index is -0.131. The van der Waals surface area contributed by atoms with E-state index in [1.807, 2.05) is 38.4 Å². The van der Waals surface area contributed by atoms with Gasteiger partial charge in [0.2, 0.25) is 0 Å². The Balaban J connectivity index is 2.21. The first kappa shape index (κ1) is 16.4. The Kier molecular flexibility index (Phi) is 5.13. The molecule has 0 aliphatic heterocycles. The van der Waals surface area contributed by atoms with Gasteiger partial charge in [-0.1, -0.05) is 6.92 Å². The van der Waals surface area contributed by atoms with Gasteiger partial charge in [0, 0.05) is 24.6 Å². The van der Waals surface area contributed by atoms with Crippen LogP contribution in [0.5, 0.6) is 0 Å². The van der Waals surface area contributed by atoms with E-state index in [4.69, 9.17) is 5.11 Å². The highest BCUT2D eigenvalue weighted by Crippen LogP contribution is 2.19. The first-order chi connectivity index (χ1) is 10.4. The Morgan fingerprint density at radius 1 is 1.41 bits per heavy atom. The SMILES string of the molecule is Cc1nc2c(cnn2C(C)C)cc1C(=O)NCC(C)CCO. The number of nitrogens with one attached hydrogen (secondary N) is 1. The van der Waals surface area contributed by atoms with Crippen LogP contribution < -0.4 is 5.32 Å². The van der Waals surface area contributed by atoms with E-state index in [0.717, 1.165) is 11.0 Å². The Hall–Kier alpha value is -1.95. The summed E-state index contributed by atoms with van der Waals surface area (Å²) in [4.78, 5) is 16.9. The van der Waals surface area contributed by atoms with Crippen molar-refractivity contribution in [3.63, 3.8) is 0 Å². The first-order valence-corrected chi connectivity index (χ1v) is 7.68. The average molecular weight is 304 g/mol. The number of hydrogen-bond acceptors (Lipinski definition) is 4. The normalized spacial score (nSPS) is 12.8. The molecule has 120 valence electrons. The number of carbonyl (C=O) groups is 1. The summed E-state index contributed by atoms with van der Waals surface area (Å²) in [5.74, 6) is 0.114. The zero-order valence-corrected chi connectivity index (χ0v) is 13.6. The van der Waals surface area contributed by atoms with E-state index in [1.54, 1.807) is 6.20 Å². The van der Waals surface area contributed by atoms with E-state index in [-0.39, 0.29) is 24.5 Å². The van der Waals surface area contributed by atoms with Crippen LogP contribution in [0.15, 0.2) is 12.3 Å². The monoisotopic (exact) mass is 304 g/mol. The summed E-state index contributed by atoms with van der Waals surface area (Å²) in [5, 5.41) is 17.0. The van der Waals surface area contributed by atoms with E-state index >= 15 is 0 Å². The highest BCUT2D eigenvalue weighted by atomic mass is 16.3. The second-order valence-corrected chi connectivity index (χ2v) is 6.04. The van der Waals surface area contributed by atoms with E-state index in [1.165, 1.54) is 0 Å². The Morgan fingerprint density at radius 3 is 2.77 bits per heavy atom. The minimum Gasteiger partial charge on any atom is -0.396 e. The molecular weight excluding hydrogens is 280 g/mol. The molecule has 0 aliphatic carbocycles. The largest absolute Gasteiger partial charge is 0.396 e. The quantitative estimate of drug-likeness (QED) is 0.856. The number of aliphatic hydroxyl groups is 1. The van der Waals surface area contributed by atoms with Crippen molar-refractivity contribution >= 4 is 16.9 Å². The predicted octanol–water partition coefficient (Wildman–Crippen LogP) is 2.07. The second-order valence-electron chi connectivity index (χ2n) is 6.04. The lowest BCUT2D eigenvalue weighted by molar-refractivity contribution is 0.0944. The molecule has 2 heterocycles. The molecule has 2 aromatic heterocycles.